The number of hydrogen-bond donors (Lipinski definition) is 0. The van der Waals surface area contributed by atoms with Gasteiger partial charge in [0.15, 0.2) is 0 Å². The Labute approximate surface area is 99.2 Å². The van der Waals surface area contributed by atoms with Gasteiger partial charge in [0.05, 0.1) is 0 Å². The Balaban J connectivity index is 2.45. The van der Waals surface area contributed by atoms with Crippen molar-refractivity contribution in [3.63, 3.8) is 0 Å². The van der Waals surface area contributed by atoms with Crippen molar-refractivity contribution >= 4 is 33.5 Å². The lowest BCUT2D eigenvalue weighted by Crippen LogP contribution is -2.09. The van der Waals surface area contributed by atoms with Gasteiger partial charge in [-0.1, -0.05) is 18.2 Å². The molecule has 0 fully saturated rings. The van der Waals surface area contributed by atoms with E-state index in [1.807, 2.05) is 46.9 Å². The van der Waals surface area contributed by atoms with E-state index < -0.39 is 5.92 Å². The molecule has 0 N–H and O–H groups in total. The Bertz CT molecular complexity index is 545. The normalized spacial score (nSPS) is 18.3. The van der Waals surface area contributed by atoms with Crippen molar-refractivity contribution in [3.05, 3.63) is 33.5 Å². The second kappa shape index (κ2) is 2.93. The molecule has 1 aliphatic rings. The summed E-state index contributed by atoms with van der Waals surface area (Å²) in [5.74, 6) is -2.66. The molecule has 0 unspecified atom stereocenters. The fourth-order valence-corrected chi connectivity index (χ4v) is 3.36. The lowest BCUT2D eigenvalue weighted by atomic mass is 10.2. The molecule has 1 aromatic carbocycles. The number of rotatable bonds is 0. The maximum Gasteiger partial charge on any atom is 0.290 e. The zero-order valence-corrected chi connectivity index (χ0v) is 9.96. The van der Waals surface area contributed by atoms with E-state index in [0.717, 1.165) is 10.9 Å². The van der Waals surface area contributed by atoms with Gasteiger partial charge < -0.3 is 4.57 Å². The van der Waals surface area contributed by atoms with Crippen LogP contribution < -0.4 is 0 Å². The predicted molar refractivity (Wildman–Crippen MR) is 63.2 cm³/mol. The van der Waals surface area contributed by atoms with E-state index in [-0.39, 0.29) is 12.1 Å². The number of halogens is 3. The van der Waals surface area contributed by atoms with E-state index in [0.29, 0.717) is 10.1 Å². The molecule has 0 atom stereocenters. The molecule has 3 rings (SSSR count). The molecule has 0 radical (unpaired) electrons. The van der Waals surface area contributed by atoms with Crippen molar-refractivity contribution in [2.45, 2.75) is 18.9 Å². The van der Waals surface area contributed by atoms with E-state index in [1.54, 1.807) is 4.57 Å². The highest BCUT2D eigenvalue weighted by Gasteiger charge is 2.43. The van der Waals surface area contributed by atoms with Crippen molar-refractivity contribution in [2.75, 3.05) is 0 Å². The molecule has 0 amide bonds. The SMILES string of the molecule is FC1(F)CCn2c1c(I)c1ccccc12. The largest absolute Gasteiger partial charge is 0.338 e. The van der Waals surface area contributed by atoms with Gasteiger partial charge in [0.1, 0.15) is 5.69 Å². The first kappa shape index (κ1) is 9.57. The number of nitrogens with zero attached hydrogens (tertiary/aromatic N) is 1. The monoisotopic (exact) mass is 319 g/mol. The van der Waals surface area contributed by atoms with Crippen LogP contribution in [-0.2, 0) is 12.5 Å². The van der Waals surface area contributed by atoms with Crippen molar-refractivity contribution in [1.82, 2.24) is 4.57 Å². The molecule has 1 nitrogen and oxygen atoms in total. The topological polar surface area (TPSA) is 4.93 Å². The second-order valence-electron chi connectivity index (χ2n) is 3.79. The number of para-hydroxylation sites is 1. The molecule has 4 heteroatoms. The summed E-state index contributed by atoms with van der Waals surface area (Å²) in [5, 5.41) is 0.937. The molecule has 0 bridgehead atoms. The van der Waals surface area contributed by atoms with Crippen molar-refractivity contribution in [2.24, 2.45) is 0 Å². The van der Waals surface area contributed by atoms with Gasteiger partial charge in [-0.3, -0.25) is 0 Å². The first-order valence-electron chi connectivity index (χ1n) is 4.76. The molecule has 0 spiro atoms. The molecule has 15 heavy (non-hydrogen) atoms. The van der Waals surface area contributed by atoms with Crippen molar-refractivity contribution < 1.29 is 8.78 Å². The minimum Gasteiger partial charge on any atom is -0.338 e. The minimum absolute atomic E-state index is 0.0663. The number of fused-ring (bicyclic) bond motifs is 3. The molecule has 78 valence electrons. The zero-order chi connectivity index (χ0) is 10.6. The maximum atomic E-state index is 13.6. The van der Waals surface area contributed by atoms with Crippen LogP contribution in [0.5, 0.6) is 0 Å². The average molecular weight is 319 g/mol. The summed E-state index contributed by atoms with van der Waals surface area (Å²) in [6.45, 7) is 0.422. The van der Waals surface area contributed by atoms with E-state index in [4.69, 9.17) is 0 Å². The van der Waals surface area contributed by atoms with Crippen LogP contribution >= 0.6 is 22.6 Å². The predicted octanol–water partition coefficient (Wildman–Crippen LogP) is 3.74. The summed E-state index contributed by atoms with van der Waals surface area (Å²) in [6.07, 6.45) is -0.0663. The van der Waals surface area contributed by atoms with Crippen LogP contribution in [0.3, 0.4) is 0 Å². The Kier molecular flexibility index (Phi) is 1.87. The highest BCUT2D eigenvalue weighted by molar-refractivity contribution is 14.1. The third-order valence-electron chi connectivity index (χ3n) is 2.90. The summed E-state index contributed by atoms with van der Waals surface area (Å²) < 4.78 is 29.7. The van der Waals surface area contributed by atoms with Gasteiger partial charge >= 0.3 is 0 Å². The minimum atomic E-state index is -2.66. The number of aromatic nitrogens is 1. The molecule has 0 saturated heterocycles. The van der Waals surface area contributed by atoms with Gasteiger partial charge in [0.2, 0.25) is 0 Å². The fraction of sp³-hybridized carbons (Fsp3) is 0.273. The molecule has 2 aromatic rings. The number of alkyl halides is 2. The number of hydrogen-bond acceptors (Lipinski definition) is 0. The summed E-state index contributed by atoms with van der Waals surface area (Å²) in [4.78, 5) is 0. The summed E-state index contributed by atoms with van der Waals surface area (Å²) in [6, 6.07) is 7.58. The van der Waals surface area contributed by atoms with Gasteiger partial charge in [-0.15, -0.1) is 0 Å². The van der Waals surface area contributed by atoms with Crippen LogP contribution in [0.2, 0.25) is 0 Å². The van der Waals surface area contributed by atoms with E-state index in [1.165, 1.54) is 0 Å². The number of aryl methyl sites for hydroxylation is 1. The lowest BCUT2D eigenvalue weighted by Gasteiger charge is -2.07. The molecule has 1 aliphatic heterocycles. The van der Waals surface area contributed by atoms with E-state index in [2.05, 4.69) is 0 Å². The Morgan fingerprint density at radius 1 is 1.27 bits per heavy atom. The van der Waals surface area contributed by atoms with Crippen molar-refractivity contribution in [1.29, 1.82) is 0 Å². The van der Waals surface area contributed by atoms with Gasteiger partial charge in [-0.25, -0.2) is 0 Å². The Morgan fingerprint density at radius 3 is 2.80 bits per heavy atom. The third kappa shape index (κ3) is 1.17. The van der Waals surface area contributed by atoms with Gasteiger partial charge in [-0.2, -0.15) is 8.78 Å². The third-order valence-corrected chi connectivity index (χ3v) is 4.00. The molecular formula is C11H8F2IN. The smallest absolute Gasteiger partial charge is 0.290 e. The van der Waals surface area contributed by atoms with Crippen LogP contribution in [0.25, 0.3) is 10.9 Å². The fourth-order valence-electron chi connectivity index (χ4n) is 2.22. The van der Waals surface area contributed by atoms with Crippen LogP contribution in [-0.4, -0.2) is 4.57 Å². The Hall–Kier alpha value is -0.650. The standard InChI is InChI=1S/C11H8F2IN/c12-11(13)5-6-15-8-4-2-1-3-7(8)9(14)10(11)15/h1-4H,5-6H2. The second-order valence-corrected chi connectivity index (χ2v) is 4.86. The highest BCUT2D eigenvalue weighted by atomic mass is 127. The van der Waals surface area contributed by atoms with Crippen LogP contribution in [0.15, 0.2) is 24.3 Å². The zero-order valence-electron chi connectivity index (χ0n) is 7.80. The van der Waals surface area contributed by atoms with E-state index in [9.17, 15) is 8.78 Å². The molecular weight excluding hydrogens is 311 g/mol. The molecule has 1 aromatic heterocycles. The quantitative estimate of drug-likeness (QED) is 0.652. The summed E-state index contributed by atoms with van der Waals surface area (Å²) in [7, 11) is 0. The summed E-state index contributed by atoms with van der Waals surface area (Å²) in [5.41, 5.74) is 1.12. The average Bonchev–Trinajstić information content (AvgIpc) is 2.67. The molecule has 0 aliphatic carbocycles. The van der Waals surface area contributed by atoms with Crippen LogP contribution in [0.1, 0.15) is 12.1 Å². The molecule has 0 saturated carbocycles. The lowest BCUT2D eigenvalue weighted by molar-refractivity contribution is -0.00280. The highest BCUT2D eigenvalue weighted by Crippen LogP contribution is 2.44. The van der Waals surface area contributed by atoms with Gasteiger partial charge in [0, 0.05) is 27.4 Å². The van der Waals surface area contributed by atoms with Crippen molar-refractivity contribution in [3.8, 4) is 0 Å². The Morgan fingerprint density at radius 2 is 2.00 bits per heavy atom. The van der Waals surface area contributed by atoms with Gasteiger partial charge in [-0.05, 0) is 28.7 Å². The van der Waals surface area contributed by atoms with Crippen LogP contribution in [0, 0.1) is 3.57 Å². The first-order chi connectivity index (χ1) is 7.11. The van der Waals surface area contributed by atoms with Gasteiger partial charge in [0.25, 0.3) is 5.92 Å². The summed E-state index contributed by atoms with van der Waals surface area (Å²) >= 11 is 2.02. The molecule has 2 heterocycles. The van der Waals surface area contributed by atoms with Crippen LogP contribution in [0.4, 0.5) is 8.78 Å². The first-order valence-corrected chi connectivity index (χ1v) is 5.84. The number of benzene rings is 1. The van der Waals surface area contributed by atoms with E-state index >= 15 is 0 Å². The maximum absolute atomic E-state index is 13.6.